The van der Waals surface area contributed by atoms with E-state index in [0.717, 1.165) is 5.56 Å². The van der Waals surface area contributed by atoms with Gasteiger partial charge in [0.15, 0.2) is 0 Å². The molecule has 4 heteroatoms. The number of amides is 1. The van der Waals surface area contributed by atoms with Crippen molar-refractivity contribution in [2.24, 2.45) is 0 Å². The van der Waals surface area contributed by atoms with Crippen LogP contribution >= 0.6 is 11.8 Å². The van der Waals surface area contributed by atoms with Gasteiger partial charge in [-0.15, -0.1) is 11.8 Å². The Kier molecular flexibility index (Phi) is 6.01. The molecule has 2 aromatic rings. The summed E-state index contributed by atoms with van der Waals surface area (Å²) in [6.45, 7) is 4.00. The van der Waals surface area contributed by atoms with Gasteiger partial charge in [0.25, 0.3) is 0 Å². The molecule has 0 aromatic heterocycles. The Morgan fingerprint density at radius 2 is 1.86 bits per heavy atom. The molecule has 2 rings (SSSR count). The van der Waals surface area contributed by atoms with Crippen molar-refractivity contribution in [3.05, 3.63) is 71.0 Å². The fourth-order valence-electron chi connectivity index (χ4n) is 2.09. The third-order valence-electron chi connectivity index (χ3n) is 3.40. The van der Waals surface area contributed by atoms with Crippen LogP contribution < -0.4 is 5.32 Å². The molecule has 1 atom stereocenters. The highest BCUT2D eigenvalue weighted by molar-refractivity contribution is 7.99. The summed E-state index contributed by atoms with van der Waals surface area (Å²) in [5, 5.41) is 2.96. The van der Waals surface area contributed by atoms with Gasteiger partial charge in [0, 0.05) is 5.75 Å². The molecule has 22 heavy (non-hydrogen) atoms. The van der Waals surface area contributed by atoms with Crippen molar-refractivity contribution in [1.82, 2.24) is 5.32 Å². The molecular formula is C18H20FNOS. The van der Waals surface area contributed by atoms with Gasteiger partial charge in [0.2, 0.25) is 5.91 Å². The second-order valence-electron chi connectivity index (χ2n) is 5.28. The molecule has 0 heterocycles. The van der Waals surface area contributed by atoms with E-state index in [9.17, 15) is 9.18 Å². The van der Waals surface area contributed by atoms with Crippen molar-refractivity contribution in [3.8, 4) is 0 Å². The van der Waals surface area contributed by atoms with Gasteiger partial charge in [-0.25, -0.2) is 4.39 Å². The third kappa shape index (κ3) is 4.88. The van der Waals surface area contributed by atoms with Crippen LogP contribution in [0.4, 0.5) is 4.39 Å². The first-order chi connectivity index (χ1) is 10.6. The molecular weight excluding hydrogens is 297 g/mol. The Morgan fingerprint density at radius 3 is 2.55 bits per heavy atom. The minimum atomic E-state index is -0.219. The van der Waals surface area contributed by atoms with Crippen LogP contribution in [0.25, 0.3) is 0 Å². The summed E-state index contributed by atoms with van der Waals surface area (Å²) in [5.41, 5.74) is 2.91. The number of halogens is 1. The number of carbonyl (C=O) groups excluding carboxylic acids is 1. The van der Waals surface area contributed by atoms with Crippen LogP contribution in [0.2, 0.25) is 0 Å². The fourth-order valence-corrected chi connectivity index (χ4v) is 2.92. The highest BCUT2D eigenvalue weighted by Gasteiger charge is 2.10. The quantitative estimate of drug-likeness (QED) is 0.863. The van der Waals surface area contributed by atoms with Crippen LogP contribution in [0, 0.1) is 12.7 Å². The Balaban J connectivity index is 1.78. The van der Waals surface area contributed by atoms with Crippen LogP contribution in [0.3, 0.4) is 0 Å². The Hall–Kier alpha value is -1.81. The summed E-state index contributed by atoms with van der Waals surface area (Å²) >= 11 is 1.42. The second-order valence-corrected chi connectivity index (χ2v) is 6.27. The van der Waals surface area contributed by atoms with E-state index in [4.69, 9.17) is 0 Å². The lowest BCUT2D eigenvalue weighted by Gasteiger charge is -2.14. The van der Waals surface area contributed by atoms with E-state index >= 15 is 0 Å². The van der Waals surface area contributed by atoms with Crippen LogP contribution in [-0.4, -0.2) is 11.7 Å². The molecule has 1 N–H and O–H groups in total. The minimum Gasteiger partial charge on any atom is -0.349 e. The van der Waals surface area contributed by atoms with Crippen LogP contribution in [0.1, 0.15) is 29.7 Å². The molecule has 0 spiro atoms. The molecule has 2 nitrogen and oxygen atoms in total. The zero-order chi connectivity index (χ0) is 15.9. The highest BCUT2D eigenvalue weighted by Crippen LogP contribution is 2.16. The van der Waals surface area contributed by atoms with E-state index in [0.29, 0.717) is 17.1 Å². The molecule has 116 valence electrons. The van der Waals surface area contributed by atoms with E-state index in [1.807, 2.05) is 38.1 Å². The maximum atomic E-state index is 13.5. The number of rotatable bonds is 6. The van der Waals surface area contributed by atoms with E-state index in [-0.39, 0.29) is 17.8 Å². The van der Waals surface area contributed by atoms with Gasteiger partial charge < -0.3 is 5.32 Å². The lowest BCUT2D eigenvalue weighted by Crippen LogP contribution is -2.28. The van der Waals surface area contributed by atoms with E-state index in [2.05, 4.69) is 5.32 Å². The molecule has 2 aromatic carbocycles. The molecule has 0 bridgehead atoms. The van der Waals surface area contributed by atoms with Crippen molar-refractivity contribution in [1.29, 1.82) is 0 Å². The van der Waals surface area contributed by atoms with Gasteiger partial charge in [-0.1, -0.05) is 48.0 Å². The van der Waals surface area contributed by atoms with Crippen molar-refractivity contribution in [3.63, 3.8) is 0 Å². The molecule has 0 aliphatic rings. The third-order valence-corrected chi connectivity index (χ3v) is 4.38. The first-order valence-electron chi connectivity index (χ1n) is 7.23. The van der Waals surface area contributed by atoms with Crippen molar-refractivity contribution in [2.45, 2.75) is 25.6 Å². The van der Waals surface area contributed by atoms with Gasteiger partial charge in [-0.2, -0.15) is 0 Å². The summed E-state index contributed by atoms with van der Waals surface area (Å²) in [6.07, 6.45) is 0. The van der Waals surface area contributed by atoms with Crippen LogP contribution in [-0.2, 0) is 10.5 Å². The summed E-state index contributed by atoms with van der Waals surface area (Å²) in [4.78, 5) is 11.9. The average molecular weight is 317 g/mol. The van der Waals surface area contributed by atoms with Gasteiger partial charge in [0.05, 0.1) is 11.8 Å². The molecule has 0 aliphatic heterocycles. The van der Waals surface area contributed by atoms with Crippen molar-refractivity contribution >= 4 is 17.7 Å². The van der Waals surface area contributed by atoms with E-state index < -0.39 is 0 Å². The maximum absolute atomic E-state index is 13.5. The fraction of sp³-hybridized carbons (Fsp3) is 0.278. The van der Waals surface area contributed by atoms with Gasteiger partial charge in [-0.05, 0) is 31.0 Å². The van der Waals surface area contributed by atoms with Crippen LogP contribution in [0.15, 0.2) is 48.5 Å². The first-order valence-corrected chi connectivity index (χ1v) is 8.39. The molecule has 0 radical (unpaired) electrons. The number of thioether (sulfide) groups is 1. The lowest BCUT2D eigenvalue weighted by atomic mass is 10.1. The Labute approximate surface area is 135 Å². The van der Waals surface area contributed by atoms with Gasteiger partial charge in [-0.3, -0.25) is 4.79 Å². The lowest BCUT2D eigenvalue weighted by molar-refractivity contribution is -0.119. The molecule has 0 unspecified atom stereocenters. The normalized spacial score (nSPS) is 12.0. The van der Waals surface area contributed by atoms with Crippen LogP contribution in [0.5, 0.6) is 0 Å². The minimum absolute atomic E-state index is 0.0258. The number of nitrogens with one attached hydrogen (secondary N) is 1. The topological polar surface area (TPSA) is 29.1 Å². The van der Waals surface area contributed by atoms with Crippen molar-refractivity contribution < 1.29 is 9.18 Å². The smallest absolute Gasteiger partial charge is 0.230 e. The molecule has 0 aliphatic carbocycles. The zero-order valence-electron chi connectivity index (χ0n) is 12.8. The predicted octanol–water partition coefficient (Wildman–Crippen LogP) is 4.24. The van der Waals surface area contributed by atoms with Crippen molar-refractivity contribution in [2.75, 3.05) is 5.75 Å². The summed E-state index contributed by atoms with van der Waals surface area (Å²) in [6, 6.07) is 14.7. The molecule has 0 saturated heterocycles. The van der Waals surface area contributed by atoms with E-state index in [1.165, 1.54) is 23.4 Å². The first kappa shape index (κ1) is 16.6. The number of carbonyl (C=O) groups is 1. The average Bonchev–Trinajstić information content (AvgIpc) is 2.50. The summed E-state index contributed by atoms with van der Waals surface area (Å²) in [5.74, 6) is 0.571. The van der Waals surface area contributed by atoms with E-state index in [1.54, 1.807) is 18.2 Å². The Morgan fingerprint density at radius 1 is 1.18 bits per heavy atom. The molecule has 0 fully saturated rings. The molecule has 0 saturated carbocycles. The second kappa shape index (κ2) is 7.99. The van der Waals surface area contributed by atoms with Gasteiger partial charge in [0.1, 0.15) is 5.82 Å². The number of hydrogen-bond donors (Lipinski definition) is 1. The monoisotopic (exact) mass is 317 g/mol. The largest absolute Gasteiger partial charge is 0.349 e. The molecule has 1 amide bonds. The summed E-state index contributed by atoms with van der Waals surface area (Å²) in [7, 11) is 0. The SMILES string of the molecule is Cc1ccc([C@H](C)NC(=O)CSCc2ccccc2F)cc1. The maximum Gasteiger partial charge on any atom is 0.230 e. The number of benzene rings is 2. The Bertz CT molecular complexity index is 627. The highest BCUT2D eigenvalue weighted by atomic mass is 32.2. The zero-order valence-corrected chi connectivity index (χ0v) is 13.6. The standard InChI is InChI=1S/C18H20FNOS/c1-13-7-9-15(10-8-13)14(2)20-18(21)12-22-11-16-5-3-4-6-17(16)19/h3-10,14H,11-12H2,1-2H3,(H,20,21)/t14-/m0/s1. The number of aryl methyl sites for hydroxylation is 1. The summed E-state index contributed by atoms with van der Waals surface area (Å²) < 4.78 is 13.5. The number of hydrogen-bond acceptors (Lipinski definition) is 2. The predicted molar refractivity (Wildman–Crippen MR) is 90.3 cm³/mol. The van der Waals surface area contributed by atoms with Gasteiger partial charge >= 0.3 is 0 Å².